The zero-order chi connectivity index (χ0) is 25.5. The summed E-state index contributed by atoms with van der Waals surface area (Å²) in [6.07, 6.45) is 7.78. The molecule has 0 saturated heterocycles. The number of nitrogens with one attached hydrogen (secondary N) is 2. The van der Waals surface area contributed by atoms with Gasteiger partial charge in [-0.3, -0.25) is 9.59 Å². The van der Waals surface area contributed by atoms with Crippen LogP contribution in [0.4, 0.5) is 11.4 Å². The van der Waals surface area contributed by atoms with Crippen molar-refractivity contribution in [3.8, 4) is 11.5 Å². The van der Waals surface area contributed by atoms with Crippen molar-refractivity contribution in [2.24, 2.45) is 0 Å². The lowest BCUT2D eigenvalue weighted by Gasteiger charge is -2.13. The number of benzene rings is 2. The molecule has 192 valence electrons. The highest BCUT2D eigenvalue weighted by molar-refractivity contribution is 5.91. The summed E-state index contributed by atoms with van der Waals surface area (Å²) < 4.78 is 11.6. The Morgan fingerprint density at radius 2 is 1.09 bits per heavy atom. The Kier molecular flexibility index (Phi) is 12.7. The van der Waals surface area contributed by atoms with Crippen LogP contribution in [-0.2, 0) is 9.59 Å². The second-order valence-corrected chi connectivity index (χ2v) is 9.09. The molecule has 0 saturated carbocycles. The monoisotopic (exact) mass is 482 g/mol. The van der Waals surface area contributed by atoms with Crippen LogP contribution in [0.2, 0.25) is 0 Å². The Bertz CT molecular complexity index is 842. The fourth-order valence-electron chi connectivity index (χ4n) is 3.47. The third-order valence-electron chi connectivity index (χ3n) is 5.87. The first-order valence-corrected chi connectivity index (χ1v) is 13.0. The molecule has 2 atom stereocenters. The lowest BCUT2D eigenvalue weighted by Crippen LogP contribution is -2.13. The van der Waals surface area contributed by atoms with Crippen LogP contribution in [0, 0.1) is 0 Å². The molecular weight excluding hydrogens is 440 g/mol. The van der Waals surface area contributed by atoms with Crippen LogP contribution in [0.1, 0.15) is 85.5 Å². The quantitative estimate of drug-likeness (QED) is 0.245. The second kappa shape index (κ2) is 15.8. The van der Waals surface area contributed by atoms with Crippen LogP contribution in [0.3, 0.4) is 0 Å². The predicted octanol–water partition coefficient (Wildman–Crippen LogP) is 7.35. The number of anilines is 2. The lowest BCUT2D eigenvalue weighted by molar-refractivity contribution is -0.117. The molecule has 0 heterocycles. The molecular formula is C29H42N2O4. The van der Waals surface area contributed by atoms with E-state index < -0.39 is 0 Å². The van der Waals surface area contributed by atoms with Gasteiger partial charge >= 0.3 is 0 Å². The van der Waals surface area contributed by atoms with E-state index in [4.69, 9.17) is 9.47 Å². The Labute approximate surface area is 210 Å². The summed E-state index contributed by atoms with van der Waals surface area (Å²) in [5.41, 5.74) is 1.53. The molecule has 0 spiro atoms. The number of carbonyl (C=O) groups is 2. The smallest absolute Gasteiger partial charge is 0.224 e. The number of amides is 2. The normalized spacial score (nSPS) is 12.5. The summed E-state index contributed by atoms with van der Waals surface area (Å²) in [5.74, 6) is 1.58. The predicted molar refractivity (Wildman–Crippen MR) is 143 cm³/mol. The maximum atomic E-state index is 12.2. The Morgan fingerprint density at radius 1 is 0.686 bits per heavy atom. The van der Waals surface area contributed by atoms with Crippen LogP contribution in [0.15, 0.2) is 48.5 Å². The Hall–Kier alpha value is -3.02. The summed E-state index contributed by atoms with van der Waals surface area (Å²) in [6.45, 7) is 8.21. The molecule has 35 heavy (non-hydrogen) atoms. The standard InChI is InChI=1S/C29H42N2O4/c1-5-22(3)34-26-16-12-14-24(20-26)30-28(32)18-10-8-7-9-11-19-29(33)31-25-15-13-17-27(21-25)35-23(4)6-2/h12-17,20-23H,5-11,18-19H2,1-4H3,(H,30,32)(H,31,33). The van der Waals surface area contributed by atoms with Gasteiger partial charge in [0.15, 0.2) is 0 Å². The minimum atomic E-state index is 0.0182. The topological polar surface area (TPSA) is 76.7 Å². The van der Waals surface area contributed by atoms with Crippen LogP contribution in [0.25, 0.3) is 0 Å². The summed E-state index contributed by atoms with van der Waals surface area (Å²) in [4.78, 5) is 24.5. The van der Waals surface area contributed by atoms with Crippen molar-refractivity contribution < 1.29 is 19.1 Å². The molecule has 0 bridgehead atoms. The van der Waals surface area contributed by atoms with E-state index in [1.807, 2.05) is 62.4 Å². The van der Waals surface area contributed by atoms with E-state index in [9.17, 15) is 9.59 Å². The van der Waals surface area contributed by atoms with E-state index in [0.29, 0.717) is 12.8 Å². The molecule has 0 aliphatic carbocycles. The van der Waals surface area contributed by atoms with Gasteiger partial charge in [0.05, 0.1) is 12.2 Å². The highest BCUT2D eigenvalue weighted by Crippen LogP contribution is 2.21. The highest BCUT2D eigenvalue weighted by atomic mass is 16.5. The van der Waals surface area contributed by atoms with Crippen LogP contribution in [0.5, 0.6) is 11.5 Å². The third kappa shape index (κ3) is 11.8. The van der Waals surface area contributed by atoms with Gasteiger partial charge in [0.2, 0.25) is 11.8 Å². The zero-order valence-electron chi connectivity index (χ0n) is 21.8. The average molecular weight is 483 g/mol. The molecule has 2 rings (SSSR count). The van der Waals surface area contributed by atoms with E-state index in [2.05, 4.69) is 24.5 Å². The highest BCUT2D eigenvalue weighted by Gasteiger charge is 2.07. The summed E-state index contributed by atoms with van der Waals surface area (Å²) in [5, 5.41) is 5.90. The number of ether oxygens (including phenoxy) is 2. The third-order valence-corrected chi connectivity index (χ3v) is 5.87. The van der Waals surface area contributed by atoms with Gasteiger partial charge in [-0.05, 0) is 63.8 Å². The molecule has 2 N–H and O–H groups in total. The van der Waals surface area contributed by atoms with Gasteiger partial charge in [-0.25, -0.2) is 0 Å². The van der Waals surface area contributed by atoms with Crippen molar-refractivity contribution in [3.05, 3.63) is 48.5 Å². The summed E-state index contributed by atoms with van der Waals surface area (Å²) in [6, 6.07) is 15.1. The molecule has 2 aromatic carbocycles. The van der Waals surface area contributed by atoms with E-state index in [1.165, 1.54) is 0 Å². The fraction of sp³-hybridized carbons (Fsp3) is 0.517. The first-order chi connectivity index (χ1) is 16.9. The number of hydrogen-bond donors (Lipinski definition) is 2. The summed E-state index contributed by atoms with van der Waals surface area (Å²) in [7, 11) is 0. The Morgan fingerprint density at radius 3 is 1.49 bits per heavy atom. The second-order valence-electron chi connectivity index (χ2n) is 9.09. The molecule has 0 fully saturated rings. The van der Waals surface area contributed by atoms with Crippen LogP contribution in [-0.4, -0.2) is 24.0 Å². The van der Waals surface area contributed by atoms with Crippen molar-refractivity contribution in [1.29, 1.82) is 0 Å². The largest absolute Gasteiger partial charge is 0.491 e. The van der Waals surface area contributed by atoms with E-state index in [1.54, 1.807) is 0 Å². The molecule has 0 aliphatic heterocycles. The van der Waals surface area contributed by atoms with E-state index >= 15 is 0 Å². The SMILES string of the molecule is CCC(C)Oc1cccc(NC(=O)CCCCCCCC(=O)Nc2cccc(OC(C)CC)c2)c1. The first kappa shape index (κ1) is 28.2. The minimum Gasteiger partial charge on any atom is -0.491 e. The summed E-state index contributed by atoms with van der Waals surface area (Å²) >= 11 is 0. The van der Waals surface area contributed by atoms with Gasteiger partial charge < -0.3 is 20.1 Å². The minimum absolute atomic E-state index is 0.0182. The lowest BCUT2D eigenvalue weighted by atomic mass is 10.1. The van der Waals surface area contributed by atoms with Crippen molar-refractivity contribution in [2.45, 2.75) is 97.7 Å². The van der Waals surface area contributed by atoms with Crippen molar-refractivity contribution in [3.63, 3.8) is 0 Å². The number of carbonyl (C=O) groups excluding carboxylic acids is 2. The zero-order valence-corrected chi connectivity index (χ0v) is 21.8. The van der Waals surface area contributed by atoms with Gasteiger partial charge in [0.1, 0.15) is 11.5 Å². The number of rotatable bonds is 16. The molecule has 2 amide bonds. The maximum absolute atomic E-state index is 12.2. The van der Waals surface area contributed by atoms with Gasteiger partial charge in [-0.15, -0.1) is 0 Å². The maximum Gasteiger partial charge on any atom is 0.224 e. The molecule has 6 nitrogen and oxygen atoms in total. The molecule has 2 unspecified atom stereocenters. The molecule has 2 aromatic rings. The number of unbranched alkanes of at least 4 members (excludes halogenated alkanes) is 4. The van der Waals surface area contributed by atoms with Crippen molar-refractivity contribution in [1.82, 2.24) is 0 Å². The fourth-order valence-corrected chi connectivity index (χ4v) is 3.47. The Balaban J connectivity index is 1.57. The molecule has 0 radical (unpaired) electrons. The first-order valence-electron chi connectivity index (χ1n) is 13.0. The van der Waals surface area contributed by atoms with Crippen LogP contribution < -0.4 is 20.1 Å². The molecule has 0 aliphatic rings. The van der Waals surface area contributed by atoms with Gasteiger partial charge in [-0.1, -0.05) is 45.2 Å². The van der Waals surface area contributed by atoms with E-state index in [-0.39, 0.29) is 24.0 Å². The van der Waals surface area contributed by atoms with E-state index in [0.717, 1.165) is 67.8 Å². The average Bonchev–Trinajstić information content (AvgIpc) is 2.83. The van der Waals surface area contributed by atoms with Crippen molar-refractivity contribution in [2.75, 3.05) is 10.6 Å². The van der Waals surface area contributed by atoms with Gasteiger partial charge in [0, 0.05) is 36.3 Å². The molecule has 0 aromatic heterocycles. The van der Waals surface area contributed by atoms with Gasteiger partial charge in [-0.2, -0.15) is 0 Å². The van der Waals surface area contributed by atoms with Crippen molar-refractivity contribution >= 4 is 23.2 Å². The number of hydrogen-bond acceptors (Lipinski definition) is 4. The van der Waals surface area contributed by atoms with Gasteiger partial charge in [0.25, 0.3) is 0 Å². The van der Waals surface area contributed by atoms with Crippen LogP contribution >= 0.6 is 0 Å². The molecule has 6 heteroatoms.